The molecular formula is C26H18ClFN6O. The number of carbonyl (C=O) groups is 1. The molecule has 1 atom stereocenters. The maximum atomic E-state index is 14.6. The van der Waals surface area contributed by atoms with Crippen LogP contribution < -0.4 is 11.1 Å². The summed E-state index contributed by atoms with van der Waals surface area (Å²) in [6, 6.07) is 12.2. The zero-order valence-electron chi connectivity index (χ0n) is 18.3. The highest BCUT2D eigenvalue weighted by Crippen LogP contribution is 2.48. The van der Waals surface area contributed by atoms with Gasteiger partial charge < -0.3 is 15.6 Å². The highest BCUT2D eigenvalue weighted by molar-refractivity contribution is 6.31. The van der Waals surface area contributed by atoms with Crippen molar-refractivity contribution in [3.05, 3.63) is 84.0 Å². The molecule has 172 valence electrons. The molecular weight excluding hydrogens is 467 g/mol. The number of nitrogens with two attached hydrogens (primary N) is 1. The number of para-hydroxylation sites is 1. The number of hydrogen-bond acceptors (Lipinski definition) is 5. The van der Waals surface area contributed by atoms with E-state index in [0.717, 1.165) is 27.7 Å². The van der Waals surface area contributed by atoms with Crippen molar-refractivity contribution in [2.75, 3.05) is 5.73 Å². The molecule has 9 heteroatoms. The molecule has 7 nitrogen and oxygen atoms in total. The Morgan fingerprint density at radius 1 is 1.23 bits per heavy atom. The molecule has 35 heavy (non-hydrogen) atoms. The van der Waals surface area contributed by atoms with Gasteiger partial charge in [0.1, 0.15) is 23.6 Å². The Bertz CT molecular complexity index is 1700. The van der Waals surface area contributed by atoms with Gasteiger partial charge in [0.25, 0.3) is 0 Å². The van der Waals surface area contributed by atoms with Gasteiger partial charge in [-0.15, -0.1) is 0 Å². The summed E-state index contributed by atoms with van der Waals surface area (Å²) in [5.41, 5.74) is 11.4. The van der Waals surface area contributed by atoms with Gasteiger partial charge in [-0.1, -0.05) is 36.4 Å². The van der Waals surface area contributed by atoms with Crippen molar-refractivity contribution in [1.29, 1.82) is 0 Å². The van der Waals surface area contributed by atoms with Crippen LogP contribution in [0.5, 0.6) is 0 Å². The third-order valence-electron chi connectivity index (χ3n) is 6.34. The van der Waals surface area contributed by atoms with Gasteiger partial charge in [0.2, 0.25) is 5.91 Å². The summed E-state index contributed by atoms with van der Waals surface area (Å²) in [7, 11) is 0. The fraction of sp³-hybridized carbons (Fsp3) is 0.0769. The molecule has 5 aromatic rings. The number of carbonyl (C=O) groups excluding carboxylic acids is 1. The van der Waals surface area contributed by atoms with Gasteiger partial charge in [0.05, 0.1) is 27.7 Å². The molecule has 0 saturated carbocycles. The number of amides is 1. The SMILES string of the molecule is C=CC(=O)NC1Cn2c(c(-c3cnc4ccccc4c3)c3c(N)ncnc32)-c2cc(Cl)c(F)cc21. The summed E-state index contributed by atoms with van der Waals surface area (Å²) in [5.74, 6) is -0.633. The van der Waals surface area contributed by atoms with E-state index in [1.165, 1.54) is 18.5 Å². The summed E-state index contributed by atoms with van der Waals surface area (Å²) in [5, 5.41) is 4.47. The lowest BCUT2D eigenvalue weighted by Gasteiger charge is -2.29. The van der Waals surface area contributed by atoms with Crippen molar-refractivity contribution in [3.63, 3.8) is 0 Å². The van der Waals surface area contributed by atoms with E-state index >= 15 is 0 Å². The number of benzene rings is 2. The normalized spacial score (nSPS) is 14.5. The standard InChI is InChI=1S/C26H18ClFN6O/c1-2-21(35)33-20-11-34-24(16-8-17(27)18(28)9-15(16)20)22(23-25(29)31-12-32-26(23)34)14-7-13-5-3-4-6-19(13)30-10-14/h2-10,12,20H,1,11H2,(H,33,35)(H2,29,31,32). The number of fused-ring (bicyclic) bond motifs is 6. The van der Waals surface area contributed by atoms with Gasteiger partial charge >= 0.3 is 0 Å². The van der Waals surface area contributed by atoms with E-state index in [1.54, 1.807) is 12.3 Å². The van der Waals surface area contributed by atoms with Crippen molar-refractivity contribution in [3.8, 4) is 22.4 Å². The Kier molecular flexibility index (Phi) is 4.79. The molecule has 1 unspecified atom stereocenters. The van der Waals surface area contributed by atoms with Crippen LogP contribution in [-0.4, -0.2) is 25.4 Å². The first kappa shape index (κ1) is 21.2. The van der Waals surface area contributed by atoms with Gasteiger partial charge in [-0.05, 0) is 35.9 Å². The van der Waals surface area contributed by atoms with Gasteiger partial charge in [0, 0.05) is 34.8 Å². The van der Waals surface area contributed by atoms with E-state index < -0.39 is 11.9 Å². The predicted molar refractivity (Wildman–Crippen MR) is 134 cm³/mol. The predicted octanol–water partition coefficient (Wildman–Crippen LogP) is 5.05. The number of nitrogens with one attached hydrogen (secondary N) is 1. The number of aromatic nitrogens is 4. The summed E-state index contributed by atoms with van der Waals surface area (Å²) in [6.45, 7) is 3.83. The van der Waals surface area contributed by atoms with Crippen LogP contribution in [0.3, 0.4) is 0 Å². The summed E-state index contributed by atoms with van der Waals surface area (Å²) < 4.78 is 16.6. The average molecular weight is 485 g/mol. The van der Waals surface area contributed by atoms with Crippen molar-refractivity contribution < 1.29 is 9.18 Å². The number of pyridine rings is 1. The number of anilines is 1. The second-order valence-electron chi connectivity index (χ2n) is 8.33. The Balaban J connectivity index is 1.71. The summed E-state index contributed by atoms with van der Waals surface area (Å²) in [4.78, 5) is 25.6. The lowest BCUT2D eigenvalue weighted by molar-refractivity contribution is -0.117. The van der Waals surface area contributed by atoms with Crippen LogP contribution in [-0.2, 0) is 11.3 Å². The fourth-order valence-electron chi connectivity index (χ4n) is 4.83. The molecule has 1 amide bonds. The number of hydrogen-bond donors (Lipinski definition) is 2. The Hall–Kier alpha value is -4.30. The lowest BCUT2D eigenvalue weighted by Crippen LogP contribution is -2.33. The molecule has 0 radical (unpaired) electrons. The minimum Gasteiger partial charge on any atom is -0.383 e. The quantitative estimate of drug-likeness (QED) is 0.349. The second-order valence-corrected chi connectivity index (χ2v) is 8.73. The van der Waals surface area contributed by atoms with Crippen LogP contribution in [0, 0.1) is 5.82 Å². The summed E-state index contributed by atoms with van der Waals surface area (Å²) >= 11 is 6.25. The van der Waals surface area contributed by atoms with Crippen LogP contribution in [0.25, 0.3) is 44.3 Å². The first-order chi connectivity index (χ1) is 17.0. The third kappa shape index (κ3) is 3.25. The molecule has 4 heterocycles. The Labute approximate surface area is 204 Å². The molecule has 0 spiro atoms. The third-order valence-corrected chi connectivity index (χ3v) is 6.63. The fourth-order valence-corrected chi connectivity index (χ4v) is 4.99. The van der Waals surface area contributed by atoms with Gasteiger partial charge in [-0.25, -0.2) is 14.4 Å². The van der Waals surface area contributed by atoms with E-state index in [2.05, 4.69) is 26.8 Å². The molecule has 0 aliphatic carbocycles. The first-order valence-corrected chi connectivity index (χ1v) is 11.2. The van der Waals surface area contributed by atoms with Crippen LogP contribution >= 0.6 is 11.6 Å². The van der Waals surface area contributed by atoms with Crippen LogP contribution in [0.4, 0.5) is 10.2 Å². The van der Waals surface area contributed by atoms with E-state index in [1.807, 2.05) is 34.9 Å². The van der Waals surface area contributed by atoms with Crippen molar-refractivity contribution in [2.24, 2.45) is 0 Å². The monoisotopic (exact) mass is 484 g/mol. The zero-order valence-corrected chi connectivity index (χ0v) is 19.1. The largest absolute Gasteiger partial charge is 0.383 e. The average Bonchev–Trinajstić information content (AvgIpc) is 3.20. The van der Waals surface area contributed by atoms with Crippen LogP contribution in [0.15, 0.2) is 67.6 Å². The zero-order chi connectivity index (χ0) is 24.3. The van der Waals surface area contributed by atoms with Gasteiger partial charge in [0.15, 0.2) is 0 Å². The minimum absolute atomic E-state index is 0.0297. The Morgan fingerprint density at radius 2 is 2.06 bits per heavy atom. The van der Waals surface area contributed by atoms with Crippen LogP contribution in [0.2, 0.25) is 5.02 Å². The van der Waals surface area contributed by atoms with E-state index in [9.17, 15) is 9.18 Å². The van der Waals surface area contributed by atoms with Crippen molar-refractivity contribution in [1.82, 2.24) is 24.8 Å². The van der Waals surface area contributed by atoms with Crippen molar-refractivity contribution >= 4 is 45.3 Å². The maximum Gasteiger partial charge on any atom is 0.243 e. The Morgan fingerprint density at radius 3 is 2.89 bits per heavy atom. The number of rotatable bonds is 3. The minimum atomic E-state index is -0.568. The molecule has 1 aliphatic rings. The highest BCUT2D eigenvalue weighted by Gasteiger charge is 2.33. The van der Waals surface area contributed by atoms with Gasteiger partial charge in [-0.3, -0.25) is 9.78 Å². The number of halogens is 2. The van der Waals surface area contributed by atoms with E-state index in [0.29, 0.717) is 34.5 Å². The van der Waals surface area contributed by atoms with E-state index in [-0.39, 0.29) is 10.9 Å². The maximum absolute atomic E-state index is 14.6. The smallest absolute Gasteiger partial charge is 0.243 e. The number of nitrogens with zero attached hydrogens (tertiary/aromatic N) is 4. The molecule has 3 aromatic heterocycles. The van der Waals surface area contributed by atoms with Crippen molar-refractivity contribution in [2.45, 2.75) is 12.6 Å². The molecule has 3 N–H and O–H groups in total. The lowest BCUT2D eigenvalue weighted by atomic mass is 9.90. The second kappa shape index (κ2) is 7.89. The molecule has 0 fully saturated rings. The molecule has 6 rings (SSSR count). The molecule has 0 bridgehead atoms. The highest BCUT2D eigenvalue weighted by atomic mass is 35.5. The molecule has 1 aliphatic heterocycles. The topological polar surface area (TPSA) is 98.7 Å². The molecule has 0 saturated heterocycles. The summed E-state index contributed by atoms with van der Waals surface area (Å²) in [6.07, 6.45) is 4.36. The molecule has 2 aromatic carbocycles. The van der Waals surface area contributed by atoms with E-state index in [4.69, 9.17) is 17.3 Å². The number of nitrogen functional groups attached to an aromatic ring is 1. The van der Waals surface area contributed by atoms with Gasteiger partial charge in [-0.2, -0.15) is 0 Å². The van der Waals surface area contributed by atoms with Crippen LogP contribution in [0.1, 0.15) is 11.6 Å². The first-order valence-electron chi connectivity index (χ1n) is 10.9.